The van der Waals surface area contributed by atoms with Crippen molar-refractivity contribution in [2.45, 2.75) is 33.6 Å². The lowest BCUT2D eigenvalue weighted by molar-refractivity contribution is 0.643. The van der Waals surface area contributed by atoms with Gasteiger partial charge in [0.05, 0.1) is 5.69 Å². The van der Waals surface area contributed by atoms with Crippen molar-refractivity contribution in [3.05, 3.63) is 63.8 Å². The second kappa shape index (κ2) is 5.60. The predicted octanol–water partition coefficient (Wildman–Crippen LogP) is 4.44. The average Bonchev–Trinajstić information content (AvgIpc) is 3.10. The van der Waals surface area contributed by atoms with Gasteiger partial charge in [-0.15, -0.1) is 0 Å². The van der Waals surface area contributed by atoms with Crippen LogP contribution in [-0.4, -0.2) is 14.4 Å². The number of rotatable bonds is 4. The number of halogens is 1. The predicted molar refractivity (Wildman–Crippen MR) is 103 cm³/mol. The van der Waals surface area contributed by atoms with Crippen molar-refractivity contribution in [1.29, 1.82) is 0 Å². The van der Waals surface area contributed by atoms with Gasteiger partial charge in [0.2, 0.25) is 0 Å². The third-order valence-corrected chi connectivity index (χ3v) is 5.11. The molecule has 1 aliphatic rings. The van der Waals surface area contributed by atoms with Gasteiger partial charge >= 0.3 is 0 Å². The molecule has 128 valence electrons. The molecular weight excluding hydrogens is 332 g/mol. The summed E-state index contributed by atoms with van der Waals surface area (Å²) in [5.41, 5.74) is 13.9. The molecule has 1 aliphatic carbocycles. The van der Waals surface area contributed by atoms with Gasteiger partial charge in [-0.3, -0.25) is 4.40 Å². The number of aryl methyl sites for hydroxylation is 1. The standard InChI is InChI=1S/C20H21ClN4/c1-10(2)7-14-13(8-15(21)18-11(3)17(14)18)9-16-24-12(4)19-20(22)23-5-6-25(16)19/h5-6,8,10H,3,7,9H2,1-2,4H3,(H2,22,23). The zero-order valence-electron chi connectivity index (χ0n) is 14.7. The molecule has 5 heteroatoms. The summed E-state index contributed by atoms with van der Waals surface area (Å²) in [5, 5.41) is 0.793. The number of hydrogen-bond acceptors (Lipinski definition) is 3. The summed E-state index contributed by atoms with van der Waals surface area (Å²) >= 11 is 6.47. The van der Waals surface area contributed by atoms with Crippen LogP contribution in [0.5, 0.6) is 0 Å². The summed E-state index contributed by atoms with van der Waals surface area (Å²) in [6.07, 6.45) is 5.35. The molecule has 0 radical (unpaired) electrons. The van der Waals surface area contributed by atoms with E-state index in [1.54, 1.807) is 6.20 Å². The third kappa shape index (κ3) is 2.52. The van der Waals surface area contributed by atoms with Gasteiger partial charge in [0.1, 0.15) is 17.2 Å². The normalized spacial score (nSPS) is 12.9. The lowest BCUT2D eigenvalue weighted by Gasteiger charge is -2.12. The van der Waals surface area contributed by atoms with Crippen LogP contribution >= 0.6 is 11.6 Å². The fraction of sp³-hybridized carbons (Fsp3) is 0.300. The van der Waals surface area contributed by atoms with Crippen LogP contribution in [0.25, 0.3) is 11.1 Å². The number of hydrogen-bond donors (Lipinski definition) is 1. The van der Waals surface area contributed by atoms with E-state index < -0.39 is 0 Å². The molecule has 3 aromatic rings. The summed E-state index contributed by atoms with van der Waals surface area (Å²) < 4.78 is 2.03. The van der Waals surface area contributed by atoms with Gasteiger partial charge in [-0.25, -0.2) is 9.97 Å². The topological polar surface area (TPSA) is 56.2 Å². The Kier molecular flexibility index (Phi) is 3.62. The molecule has 0 aliphatic heterocycles. The Balaban J connectivity index is 1.84. The first-order valence-corrected chi connectivity index (χ1v) is 8.88. The second-order valence-electron chi connectivity index (χ2n) is 7.14. The molecule has 0 saturated carbocycles. The minimum atomic E-state index is 0.507. The fourth-order valence-corrected chi connectivity index (χ4v) is 4.04. The van der Waals surface area contributed by atoms with E-state index in [1.807, 2.05) is 17.5 Å². The molecule has 0 saturated heterocycles. The largest absolute Gasteiger partial charge is 0.382 e. The Hall–Kier alpha value is -2.33. The molecule has 4 rings (SSSR count). The highest BCUT2D eigenvalue weighted by molar-refractivity contribution is 6.35. The molecule has 0 spiro atoms. The van der Waals surface area contributed by atoms with Crippen molar-refractivity contribution in [3.63, 3.8) is 0 Å². The van der Waals surface area contributed by atoms with Gasteiger partial charge in [-0.1, -0.05) is 32.0 Å². The van der Waals surface area contributed by atoms with Crippen LogP contribution in [0.15, 0.2) is 25.0 Å². The molecule has 4 nitrogen and oxygen atoms in total. The zero-order chi connectivity index (χ0) is 17.9. The van der Waals surface area contributed by atoms with Crippen molar-refractivity contribution >= 4 is 28.5 Å². The van der Waals surface area contributed by atoms with Gasteiger partial charge in [0, 0.05) is 29.4 Å². The fourth-order valence-electron chi connectivity index (χ4n) is 3.70. The number of benzene rings is 1. The van der Waals surface area contributed by atoms with Crippen molar-refractivity contribution < 1.29 is 0 Å². The van der Waals surface area contributed by atoms with Gasteiger partial charge in [0.25, 0.3) is 0 Å². The molecular formula is C20H21ClN4. The van der Waals surface area contributed by atoms with Crippen molar-refractivity contribution in [1.82, 2.24) is 14.4 Å². The Morgan fingerprint density at radius 1 is 1.32 bits per heavy atom. The van der Waals surface area contributed by atoms with E-state index in [9.17, 15) is 0 Å². The maximum absolute atomic E-state index is 6.47. The number of nitrogens with zero attached hydrogens (tertiary/aromatic N) is 3. The van der Waals surface area contributed by atoms with Crippen molar-refractivity contribution in [3.8, 4) is 0 Å². The monoisotopic (exact) mass is 352 g/mol. The molecule has 0 fully saturated rings. The summed E-state index contributed by atoms with van der Waals surface area (Å²) in [6.45, 7) is 10.6. The molecule has 1 aromatic carbocycles. The summed E-state index contributed by atoms with van der Waals surface area (Å²) in [4.78, 5) is 8.92. The van der Waals surface area contributed by atoms with Gasteiger partial charge in [0.15, 0.2) is 0 Å². The Labute approximate surface area is 152 Å². The van der Waals surface area contributed by atoms with E-state index >= 15 is 0 Å². The van der Waals surface area contributed by atoms with Crippen LogP contribution in [0.3, 0.4) is 0 Å². The minimum absolute atomic E-state index is 0.507. The van der Waals surface area contributed by atoms with E-state index in [0.29, 0.717) is 18.2 Å². The van der Waals surface area contributed by atoms with Crippen LogP contribution in [0, 0.1) is 12.8 Å². The molecule has 2 N–H and O–H groups in total. The van der Waals surface area contributed by atoms with Crippen LogP contribution in [0.1, 0.15) is 47.6 Å². The van der Waals surface area contributed by atoms with Crippen LogP contribution in [0.2, 0.25) is 5.02 Å². The summed E-state index contributed by atoms with van der Waals surface area (Å²) in [5.74, 6) is 2.03. The van der Waals surface area contributed by atoms with Crippen molar-refractivity contribution in [2.24, 2.45) is 5.92 Å². The van der Waals surface area contributed by atoms with E-state index in [4.69, 9.17) is 22.3 Å². The Morgan fingerprint density at radius 3 is 2.80 bits per heavy atom. The number of imidazole rings is 1. The maximum atomic E-state index is 6.47. The maximum Gasteiger partial charge on any atom is 0.149 e. The highest BCUT2D eigenvalue weighted by Gasteiger charge is 2.32. The lowest BCUT2D eigenvalue weighted by Crippen LogP contribution is -2.04. The molecule has 25 heavy (non-hydrogen) atoms. The molecule has 0 atom stereocenters. The van der Waals surface area contributed by atoms with Crippen LogP contribution in [-0.2, 0) is 12.8 Å². The molecule has 0 amide bonds. The minimum Gasteiger partial charge on any atom is -0.382 e. The van der Waals surface area contributed by atoms with Crippen LogP contribution in [0.4, 0.5) is 5.82 Å². The number of nitrogens with two attached hydrogens (primary N) is 1. The van der Waals surface area contributed by atoms with Crippen molar-refractivity contribution in [2.75, 3.05) is 5.73 Å². The van der Waals surface area contributed by atoms with Gasteiger partial charge < -0.3 is 5.73 Å². The SMILES string of the molecule is C=C1c2c(Cl)cc(Cc3nc(C)c4c(N)nccn34)c(CC(C)C)c21. The Bertz CT molecular complexity index is 1030. The number of fused-ring (bicyclic) bond motifs is 2. The van der Waals surface area contributed by atoms with Crippen LogP contribution < -0.4 is 5.73 Å². The summed E-state index contributed by atoms with van der Waals surface area (Å²) in [7, 11) is 0. The first kappa shape index (κ1) is 16.2. The second-order valence-corrected chi connectivity index (χ2v) is 7.55. The molecule has 2 heterocycles. The molecule has 2 aromatic heterocycles. The number of anilines is 1. The first-order valence-electron chi connectivity index (χ1n) is 8.50. The van der Waals surface area contributed by atoms with E-state index in [0.717, 1.165) is 39.6 Å². The zero-order valence-corrected chi connectivity index (χ0v) is 15.5. The highest BCUT2D eigenvalue weighted by Crippen LogP contribution is 2.50. The molecule has 0 unspecified atom stereocenters. The smallest absolute Gasteiger partial charge is 0.149 e. The lowest BCUT2D eigenvalue weighted by atomic mass is 9.95. The van der Waals surface area contributed by atoms with Gasteiger partial charge in [-0.2, -0.15) is 0 Å². The van der Waals surface area contributed by atoms with E-state index in [1.165, 1.54) is 16.7 Å². The van der Waals surface area contributed by atoms with E-state index in [2.05, 4.69) is 31.5 Å². The quantitative estimate of drug-likeness (QED) is 0.590. The van der Waals surface area contributed by atoms with E-state index in [-0.39, 0.29) is 0 Å². The summed E-state index contributed by atoms with van der Waals surface area (Å²) in [6, 6.07) is 2.08. The highest BCUT2D eigenvalue weighted by atomic mass is 35.5. The Morgan fingerprint density at radius 2 is 2.08 bits per heavy atom. The number of nitrogen functional groups attached to an aromatic ring is 1. The average molecular weight is 353 g/mol. The first-order chi connectivity index (χ1) is 11.9. The van der Waals surface area contributed by atoms with Gasteiger partial charge in [-0.05, 0) is 47.6 Å². The third-order valence-electron chi connectivity index (χ3n) is 4.81. The molecule has 0 bridgehead atoms. The number of aromatic nitrogens is 3.